The maximum absolute atomic E-state index is 11.5. The maximum atomic E-state index is 11.5. The van der Waals surface area contributed by atoms with E-state index in [1.807, 2.05) is 0 Å². The molecule has 0 aromatic heterocycles. The third kappa shape index (κ3) is 2.48. The number of rotatable bonds is 3. The van der Waals surface area contributed by atoms with Crippen LogP contribution in [0.15, 0.2) is 30.9 Å². The fraction of sp³-hybridized carbons (Fsp3) is 0.167. The van der Waals surface area contributed by atoms with Gasteiger partial charge in [-0.25, -0.2) is 4.79 Å². The summed E-state index contributed by atoms with van der Waals surface area (Å²) in [6.45, 7) is 5.15. The van der Waals surface area contributed by atoms with Crippen molar-refractivity contribution >= 4 is 17.6 Å². The van der Waals surface area contributed by atoms with Crippen LogP contribution in [0.25, 0.3) is 0 Å². The van der Waals surface area contributed by atoms with Gasteiger partial charge >= 0.3 is 5.97 Å². The van der Waals surface area contributed by atoms with Crippen molar-refractivity contribution in [1.29, 1.82) is 0 Å². The van der Waals surface area contributed by atoms with Gasteiger partial charge in [0, 0.05) is 0 Å². The van der Waals surface area contributed by atoms with Gasteiger partial charge in [-0.05, 0) is 24.6 Å². The maximum Gasteiger partial charge on any atom is 0.339 e. The van der Waals surface area contributed by atoms with Crippen LogP contribution in [0.5, 0.6) is 0 Å². The zero-order chi connectivity index (χ0) is 12.1. The van der Waals surface area contributed by atoms with E-state index in [1.54, 1.807) is 25.1 Å². The summed E-state index contributed by atoms with van der Waals surface area (Å²) >= 11 is 0. The van der Waals surface area contributed by atoms with Crippen LogP contribution < -0.4 is 5.32 Å². The molecule has 4 heteroatoms. The zero-order valence-electron chi connectivity index (χ0n) is 9.24. The molecule has 84 valence electrons. The Labute approximate surface area is 93.9 Å². The number of hydrogen-bond acceptors (Lipinski definition) is 3. The summed E-state index contributed by atoms with van der Waals surface area (Å²) in [5.41, 5.74) is 1.58. The highest BCUT2D eigenvalue weighted by atomic mass is 16.5. The Hall–Kier alpha value is -2.10. The normalized spacial score (nSPS) is 9.38. The molecular formula is C12H13NO3. The van der Waals surface area contributed by atoms with Crippen molar-refractivity contribution in [3.63, 3.8) is 0 Å². The summed E-state index contributed by atoms with van der Waals surface area (Å²) in [6, 6.07) is 5.12. The van der Waals surface area contributed by atoms with Gasteiger partial charge in [-0.1, -0.05) is 18.7 Å². The third-order valence-corrected chi connectivity index (χ3v) is 2.11. The number of amides is 1. The molecule has 0 heterocycles. The SMILES string of the molecule is C=CC(=O)Nc1c(C)cccc1C(=O)OC. The summed E-state index contributed by atoms with van der Waals surface area (Å²) in [6.07, 6.45) is 1.15. The van der Waals surface area contributed by atoms with E-state index in [2.05, 4.69) is 16.6 Å². The fourth-order valence-electron chi connectivity index (χ4n) is 1.29. The second-order valence-corrected chi connectivity index (χ2v) is 3.18. The van der Waals surface area contributed by atoms with E-state index in [0.717, 1.165) is 11.6 Å². The van der Waals surface area contributed by atoms with E-state index in [-0.39, 0.29) is 5.91 Å². The zero-order valence-corrected chi connectivity index (χ0v) is 9.24. The molecule has 0 spiro atoms. The van der Waals surface area contributed by atoms with Crippen LogP contribution in [-0.4, -0.2) is 19.0 Å². The van der Waals surface area contributed by atoms with Crippen molar-refractivity contribution in [2.75, 3.05) is 12.4 Å². The van der Waals surface area contributed by atoms with Crippen LogP contribution in [-0.2, 0) is 9.53 Å². The van der Waals surface area contributed by atoms with E-state index in [1.165, 1.54) is 7.11 Å². The second kappa shape index (κ2) is 5.11. The number of benzene rings is 1. The molecule has 0 atom stereocenters. The summed E-state index contributed by atoms with van der Waals surface area (Å²) in [5, 5.41) is 2.59. The number of carbonyl (C=O) groups is 2. The van der Waals surface area contributed by atoms with Crippen LogP contribution >= 0.6 is 0 Å². The predicted octanol–water partition coefficient (Wildman–Crippen LogP) is 1.91. The topological polar surface area (TPSA) is 55.4 Å². The van der Waals surface area contributed by atoms with Crippen molar-refractivity contribution in [3.8, 4) is 0 Å². The number of anilines is 1. The largest absolute Gasteiger partial charge is 0.465 e. The average Bonchev–Trinajstić information content (AvgIpc) is 2.30. The van der Waals surface area contributed by atoms with Gasteiger partial charge in [0.2, 0.25) is 5.91 Å². The Bertz CT molecular complexity index is 438. The molecule has 16 heavy (non-hydrogen) atoms. The number of esters is 1. The standard InChI is InChI=1S/C12H13NO3/c1-4-10(14)13-11-8(2)6-5-7-9(11)12(15)16-3/h4-7H,1H2,2-3H3,(H,13,14). The average molecular weight is 219 g/mol. The lowest BCUT2D eigenvalue weighted by atomic mass is 10.1. The lowest BCUT2D eigenvalue weighted by Gasteiger charge is -2.11. The van der Waals surface area contributed by atoms with Crippen molar-refractivity contribution in [1.82, 2.24) is 0 Å². The van der Waals surface area contributed by atoms with Crippen LogP contribution in [0.3, 0.4) is 0 Å². The number of carbonyl (C=O) groups excluding carboxylic acids is 2. The number of nitrogens with one attached hydrogen (secondary N) is 1. The lowest BCUT2D eigenvalue weighted by Crippen LogP contribution is -2.13. The lowest BCUT2D eigenvalue weighted by molar-refractivity contribution is -0.111. The molecule has 0 aliphatic rings. The quantitative estimate of drug-likeness (QED) is 0.624. The number of methoxy groups -OCH3 is 1. The van der Waals surface area contributed by atoms with Gasteiger partial charge in [0.05, 0.1) is 18.4 Å². The fourth-order valence-corrected chi connectivity index (χ4v) is 1.29. The smallest absolute Gasteiger partial charge is 0.339 e. The van der Waals surface area contributed by atoms with Crippen LogP contribution in [0, 0.1) is 6.92 Å². The molecule has 1 aromatic carbocycles. The van der Waals surface area contributed by atoms with Gasteiger partial charge in [0.1, 0.15) is 0 Å². The number of hydrogen-bond donors (Lipinski definition) is 1. The highest BCUT2D eigenvalue weighted by Crippen LogP contribution is 2.21. The minimum Gasteiger partial charge on any atom is -0.465 e. The molecule has 0 unspecified atom stereocenters. The van der Waals surface area contributed by atoms with E-state index >= 15 is 0 Å². The Morgan fingerprint density at radius 2 is 2.12 bits per heavy atom. The minimum atomic E-state index is -0.483. The highest BCUT2D eigenvalue weighted by molar-refractivity contribution is 6.05. The number of ether oxygens (including phenoxy) is 1. The monoisotopic (exact) mass is 219 g/mol. The highest BCUT2D eigenvalue weighted by Gasteiger charge is 2.14. The summed E-state index contributed by atoms with van der Waals surface area (Å²) in [7, 11) is 1.30. The molecule has 0 fully saturated rings. The molecule has 0 saturated heterocycles. The Morgan fingerprint density at radius 1 is 1.44 bits per heavy atom. The van der Waals surface area contributed by atoms with Gasteiger partial charge in [-0.3, -0.25) is 4.79 Å². The van der Waals surface area contributed by atoms with E-state index in [4.69, 9.17) is 0 Å². The third-order valence-electron chi connectivity index (χ3n) is 2.11. The molecule has 1 aromatic rings. The molecular weight excluding hydrogens is 206 g/mol. The number of aryl methyl sites for hydroxylation is 1. The molecule has 4 nitrogen and oxygen atoms in total. The minimum absolute atomic E-state index is 0.331. The molecule has 0 bridgehead atoms. The number of para-hydroxylation sites is 1. The molecule has 0 radical (unpaired) electrons. The van der Waals surface area contributed by atoms with Gasteiger partial charge in [0.25, 0.3) is 0 Å². The van der Waals surface area contributed by atoms with E-state index in [0.29, 0.717) is 11.3 Å². The first-order valence-corrected chi connectivity index (χ1v) is 4.71. The van der Waals surface area contributed by atoms with Gasteiger partial charge < -0.3 is 10.1 Å². The summed E-state index contributed by atoms with van der Waals surface area (Å²) in [5.74, 6) is -0.845. The summed E-state index contributed by atoms with van der Waals surface area (Å²) in [4.78, 5) is 22.7. The van der Waals surface area contributed by atoms with Gasteiger partial charge in [0.15, 0.2) is 0 Å². The molecule has 1 amide bonds. The van der Waals surface area contributed by atoms with Crippen molar-refractivity contribution in [3.05, 3.63) is 42.0 Å². The Balaban J connectivity index is 3.18. The van der Waals surface area contributed by atoms with Gasteiger partial charge in [-0.2, -0.15) is 0 Å². The van der Waals surface area contributed by atoms with Crippen LogP contribution in [0.4, 0.5) is 5.69 Å². The molecule has 0 saturated carbocycles. The van der Waals surface area contributed by atoms with E-state index in [9.17, 15) is 9.59 Å². The van der Waals surface area contributed by atoms with E-state index < -0.39 is 5.97 Å². The van der Waals surface area contributed by atoms with Crippen LogP contribution in [0.1, 0.15) is 15.9 Å². The molecule has 0 aliphatic carbocycles. The van der Waals surface area contributed by atoms with Crippen LogP contribution in [0.2, 0.25) is 0 Å². The predicted molar refractivity (Wildman–Crippen MR) is 61.3 cm³/mol. The molecule has 1 N–H and O–H groups in total. The first-order valence-electron chi connectivity index (χ1n) is 4.71. The molecule has 0 aliphatic heterocycles. The first kappa shape index (κ1) is 12.0. The molecule has 1 rings (SSSR count). The second-order valence-electron chi connectivity index (χ2n) is 3.18. The van der Waals surface area contributed by atoms with Crippen molar-refractivity contribution in [2.45, 2.75) is 6.92 Å². The summed E-state index contributed by atoms with van der Waals surface area (Å²) < 4.78 is 4.63. The Kier molecular flexibility index (Phi) is 3.83. The Morgan fingerprint density at radius 3 is 2.69 bits per heavy atom. The van der Waals surface area contributed by atoms with Gasteiger partial charge in [-0.15, -0.1) is 0 Å². The first-order chi connectivity index (χ1) is 7.60. The van der Waals surface area contributed by atoms with Crippen molar-refractivity contribution in [2.24, 2.45) is 0 Å². The van der Waals surface area contributed by atoms with Crippen molar-refractivity contribution < 1.29 is 14.3 Å².